The Kier molecular flexibility index (Phi) is 1.69. The Morgan fingerprint density at radius 3 is 2.12 bits per heavy atom. The first-order valence-corrected chi connectivity index (χ1v) is 7.92. The van der Waals surface area contributed by atoms with Crippen LogP contribution in [0.25, 0.3) is 0 Å². The van der Waals surface area contributed by atoms with Gasteiger partial charge in [-0.1, -0.05) is 0 Å². The van der Waals surface area contributed by atoms with E-state index < -0.39 is 0 Å². The van der Waals surface area contributed by atoms with Crippen molar-refractivity contribution in [2.24, 2.45) is 46.8 Å². The minimum atomic E-state index is 0.453. The third-order valence-corrected chi connectivity index (χ3v) is 7.85. The molecule has 0 saturated heterocycles. The van der Waals surface area contributed by atoms with Gasteiger partial charge < -0.3 is 5.11 Å². The topological polar surface area (TPSA) is 20.2 Å². The Hall–Kier alpha value is -0.0400. The predicted molar refractivity (Wildman–Crippen MR) is 66.3 cm³/mol. The minimum absolute atomic E-state index is 0.453. The van der Waals surface area contributed by atoms with Gasteiger partial charge in [0.2, 0.25) is 0 Å². The van der Waals surface area contributed by atoms with Crippen LogP contribution in [0.2, 0.25) is 0 Å². The second-order valence-corrected chi connectivity index (χ2v) is 8.03. The van der Waals surface area contributed by atoms with E-state index >= 15 is 0 Å². The van der Waals surface area contributed by atoms with Crippen molar-refractivity contribution in [1.29, 1.82) is 0 Å². The molecule has 1 heteroatoms. The highest BCUT2D eigenvalue weighted by Crippen LogP contribution is 2.76. The monoisotopic (exact) mass is 232 g/mol. The summed E-state index contributed by atoms with van der Waals surface area (Å²) in [5, 5.41) is 9.56. The van der Waals surface area contributed by atoms with Crippen molar-refractivity contribution in [3.63, 3.8) is 0 Å². The molecule has 8 bridgehead atoms. The first kappa shape index (κ1) is 9.83. The van der Waals surface area contributed by atoms with Crippen molar-refractivity contribution in [3.8, 4) is 0 Å². The van der Waals surface area contributed by atoms with Crippen LogP contribution in [0, 0.1) is 46.8 Å². The second-order valence-electron chi connectivity index (χ2n) is 8.03. The van der Waals surface area contributed by atoms with E-state index in [9.17, 15) is 5.11 Å². The van der Waals surface area contributed by atoms with Gasteiger partial charge in [-0.2, -0.15) is 0 Å². The number of rotatable bonds is 2. The van der Waals surface area contributed by atoms with Gasteiger partial charge in [-0.15, -0.1) is 0 Å². The summed E-state index contributed by atoms with van der Waals surface area (Å²) in [5.74, 6) is 7.51. The van der Waals surface area contributed by atoms with Crippen molar-refractivity contribution in [3.05, 3.63) is 0 Å². The van der Waals surface area contributed by atoms with Crippen molar-refractivity contribution in [1.82, 2.24) is 0 Å². The molecule has 7 saturated carbocycles. The van der Waals surface area contributed by atoms with Crippen LogP contribution in [0.1, 0.15) is 44.9 Å². The Bertz CT molecular complexity index is 339. The van der Waals surface area contributed by atoms with E-state index in [0.29, 0.717) is 12.0 Å². The molecule has 0 aromatic heterocycles. The zero-order valence-electron chi connectivity index (χ0n) is 10.6. The summed E-state index contributed by atoms with van der Waals surface area (Å²) in [6.07, 6.45) is 10.4. The lowest BCUT2D eigenvalue weighted by molar-refractivity contribution is -0.259. The highest BCUT2D eigenvalue weighted by molar-refractivity contribution is 5.18. The van der Waals surface area contributed by atoms with Crippen LogP contribution < -0.4 is 0 Å². The van der Waals surface area contributed by atoms with Crippen molar-refractivity contribution in [2.75, 3.05) is 6.61 Å². The van der Waals surface area contributed by atoms with Gasteiger partial charge in [-0.05, 0) is 91.8 Å². The molecule has 1 N–H and O–H groups in total. The van der Waals surface area contributed by atoms with Gasteiger partial charge in [0, 0.05) is 6.61 Å². The average Bonchev–Trinajstić information content (AvgIpc) is 2.35. The summed E-state index contributed by atoms with van der Waals surface area (Å²) in [7, 11) is 0. The summed E-state index contributed by atoms with van der Waals surface area (Å²) in [6, 6.07) is 0. The van der Waals surface area contributed by atoms with E-state index in [2.05, 4.69) is 0 Å². The van der Waals surface area contributed by atoms with Crippen LogP contribution in [-0.4, -0.2) is 11.7 Å². The third kappa shape index (κ3) is 0.959. The van der Waals surface area contributed by atoms with Gasteiger partial charge in [0.1, 0.15) is 0 Å². The van der Waals surface area contributed by atoms with Gasteiger partial charge in [0.05, 0.1) is 0 Å². The van der Waals surface area contributed by atoms with E-state index in [0.717, 1.165) is 47.8 Å². The first-order chi connectivity index (χ1) is 8.32. The van der Waals surface area contributed by atoms with Crippen molar-refractivity contribution in [2.45, 2.75) is 44.9 Å². The number of hydrogen-bond donors (Lipinski definition) is 1. The molecule has 94 valence electrons. The fourth-order valence-corrected chi connectivity index (χ4v) is 7.83. The molecule has 1 nitrogen and oxygen atoms in total. The van der Waals surface area contributed by atoms with Crippen LogP contribution in [0.4, 0.5) is 0 Å². The van der Waals surface area contributed by atoms with Crippen molar-refractivity contribution < 1.29 is 5.11 Å². The van der Waals surface area contributed by atoms with E-state index in [4.69, 9.17) is 0 Å². The molecular formula is C16H24O. The molecule has 7 aliphatic carbocycles. The zero-order valence-corrected chi connectivity index (χ0v) is 10.6. The number of aliphatic hydroxyl groups excluding tert-OH is 1. The standard InChI is InChI=1S/C16H24O/c17-2-1-16-8-10-4-12-11-3-9(6-14(12)16)7-15(16)13(11)5-10/h9-15,17H,1-8H2/t9?,10?,11?,12-,13+,14-,15+,16?. The smallest absolute Gasteiger partial charge is 0.0436 e. The van der Waals surface area contributed by atoms with E-state index in [1.54, 1.807) is 19.3 Å². The SMILES string of the molecule is OCCC12CC3C[C@@H]4C5CC(C[C@H]41)C[C@H]2[C@H]5C3. The molecule has 0 aromatic rings. The summed E-state index contributed by atoms with van der Waals surface area (Å²) < 4.78 is 0. The van der Waals surface area contributed by atoms with Gasteiger partial charge >= 0.3 is 0 Å². The quantitative estimate of drug-likeness (QED) is 0.775. The van der Waals surface area contributed by atoms with Crippen molar-refractivity contribution >= 4 is 0 Å². The molecule has 7 aliphatic rings. The summed E-state index contributed by atoms with van der Waals surface area (Å²) in [6.45, 7) is 0.453. The molecule has 4 unspecified atom stereocenters. The van der Waals surface area contributed by atoms with E-state index in [-0.39, 0.29) is 0 Å². The Morgan fingerprint density at radius 2 is 1.47 bits per heavy atom. The lowest BCUT2D eigenvalue weighted by Crippen LogP contribution is -2.67. The average molecular weight is 232 g/mol. The van der Waals surface area contributed by atoms with Crippen LogP contribution >= 0.6 is 0 Å². The Morgan fingerprint density at radius 1 is 0.824 bits per heavy atom. The zero-order chi connectivity index (χ0) is 11.2. The maximum Gasteiger partial charge on any atom is 0.0436 e. The third-order valence-electron chi connectivity index (χ3n) is 7.85. The molecule has 0 heterocycles. The lowest BCUT2D eigenvalue weighted by Gasteiger charge is -2.74. The first-order valence-electron chi connectivity index (χ1n) is 7.92. The van der Waals surface area contributed by atoms with E-state index in [1.165, 1.54) is 19.3 Å². The molecule has 0 spiro atoms. The maximum atomic E-state index is 9.56. The van der Waals surface area contributed by atoms with Crippen LogP contribution in [-0.2, 0) is 0 Å². The highest BCUT2D eigenvalue weighted by Gasteiger charge is 2.69. The van der Waals surface area contributed by atoms with E-state index in [1.807, 2.05) is 0 Å². The summed E-state index contributed by atoms with van der Waals surface area (Å²) >= 11 is 0. The molecule has 0 aromatic carbocycles. The minimum Gasteiger partial charge on any atom is -0.396 e. The molecule has 0 aliphatic heterocycles. The molecule has 0 radical (unpaired) electrons. The number of aliphatic hydroxyl groups is 1. The van der Waals surface area contributed by atoms with Gasteiger partial charge in [-0.3, -0.25) is 0 Å². The van der Waals surface area contributed by atoms with Crippen LogP contribution in [0.5, 0.6) is 0 Å². The van der Waals surface area contributed by atoms with Crippen LogP contribution in [0.15, 0.2) is 0 Å². The lowest BCUT2D eigenvalue weighted by atomic mass is 9.30. The molecule has 8 atom stereocenters. The Labute approximate surface area is 104 Å². The Balaban J connectivity index is 1.66. The summed E-state index contributed by atoms with van der Waals surface area (Å²) in [4.78, 5) is 0. The second kappa shape index (κ2) is 2.92. The predicted octanol–water partition coefficient (Wildman–Crippen LogP) is 3.08. The molecule has 7 rings (SSSR count). The molecule has 17 heavy (non-hydrogen) atoms. The molecular weight excluding hydrogens is 208 g/mol. The van der Waals surface area contributed by atoms with Gasteiger partial charge in [-0.25, -0.2) is 0 Å². The highest BCUT2D eigenvalue weighted by atomic mass is 16.3. The molecule has 0 amide bonds. The van der Waals surface area contributed by atoms with Crippen LogP contribution in [0.3, 0.4) is 0 Å². The normalized spacial score (nSPS) is 65.8. The fraction of sp³-hybridized carbons (Fsp3) is 1.00. The number of hydrogen-bond acceptors (Lipinski definition) is 1. The largest absolute Gasteiger partial charge is 0.396 e. The maximum absolute atomic E-state index is 9.56. The van der Waals surface area contributed by atoms with Gasteiger partial charge in [0.25, 0.3) is 0 Å². The summed E-state index contributed by atoms with van der Waals surface area (Å²) in [5.41, 5.74) is 0.624. The fourth-order valence-electron chi connectivity index (χ4n) is 7.83. The molecule has 7 fully saturated rings. The van der Waals surface area contributed by atoms with Gasteiger partial charge in [0.15, 0.2) is 0 Å².